The zero-order valence-electron chi connectivity index (χ0n) is 18.1. The van der Waals surface area contributed by atoms with E-state index in [0.717, 1.165) is 5.56 Å². The van der Waals surface area contributed by atoms with Crippen molar-refractivity contribution in [2.75, 3.05) is 31.1 Å². The first-order chi connectivity index (χ1) is 16.5. The first-order valence-corrected chi connectivity index (χ1v) is 11.2. The van der Waals surface area contributed by atoms with Gasteiger partial charge in [-0.1, -0.05) is 29.8 Å². The third-order valence-electron chi connectivity index (χ3n) is 5.89. The number of carbonyl (C=O) groups is 1. The van der Waals surface area contributed by atoms with Crippen molar-refractivity contribution in [3.63, 3.8) is 0 Å². The number of anilines is 1. The molecule has 10 heteroatoms. The number of hydrogen-bond acceptors (Lipinski definition) is 6. The van der Waals surface area contributed by atoms with Gasteiger partial charge in [0.05, 0.1) is 22.5 Å². The predicted molar refractivity (Wildman–Crippen MR) is 130 cm³/mol. The maximum Gasteiger partial charge on any atom is 0.329 e. The first kappa shape index (κ1) is 21.8. The van der Waals surface area contributed by atoms with Crippen molar-refractivity contribution in [1.29, 1.82) is 0 Å². The highest BCUT2D eigenvalue weighted by Gasteiger charge is 2.23. The van der Waals surface area contributed by atoms with Gasteiger partial charge in [0.15, 0.2) is 0 Å². The Morgan fingerprint density at radius 1 is 0.971 bits per heavy atom. The lowest BCUT2D eigenvalue weighted by atomic mass is 10.1. The average Bonchev–Trinajstić information content (AvgIpc) is 2.87. The molecule has 3 heterocycles. The lowest BCUT2D eigenvalue weighted by Gasteiger charge is -2.34. The van der Waals surface area contributed by atoms with Gasteiger partial charge in [-0.05, 0) is 35.9 Å². The molecule has 0 spiro atoms. The molecule has 1 fully saturated rings. The number of hydrogen-bond donors (Lipinski definition) is 1. The molecule has 1 aliphatic heterocycles. The van der Waals surface area contributed by atoms with E-state index in [9.17, 15) is 14.4 Å². The molecule has 4 aromatic rings. The van der Waals surface area contributed by atoms with E-state index in [1.807, 2.05) is 6.07 Å². The average molecular weight is 477 g/mol. The van der Waals surface area contributed by atoms with Gasteiger partial charge >= 0.3 is 5.69 Å². The molecular formula is C24H21ClN6O3. The zero-order valence-corrected chi connectivity index (χ0v) is 18.9. The molecule has 1 aliphatic rings. The number of carbonyl (C=O) groups excluding carboxylic acids is 1. The number of piperazine rings is 1. The third kappa shape index (κ3) is 4.17. The van der Waals surface area contributed by atoms with Crippen LogP contribution in [0.1, 0.15) is 15.9 Å². The number of aromatic nitrogens is 4. The number of halogens is 1. The number of aromatic amines is 1. The summed E-state index contributed by atoms with van der Waals surface area (Å²) >= 11 is 6.19. The van der Waals surface area contributed by atoms with Crippen LogP contribution in [0, 0.1) is 0 Å². The smallest absolute Gasteiger partial charge is 0.329 e. The Labute approximate surface area is 199 Å². The molecule has 2 aromatic heterocycles. The van der Waals surface area contributed by atoms with Crippen molar-refractivity contribution in [1.82, 2.24) is 24.4 Å². The fourth-order valence-corrected chi connectivity index (χ4v) is 4.44. The Morgan fingerprint density at radius 3 is 2.47 bits per heavy atom. The van der Waals surface area contributed by atoms with E-state index >= 15 is 0 Å². The van der Waals surface area contributed by atoms with E-state index in [1.54, 1.807) is 59.8 Å². The standard InChI is InChI=1S/C24H21ClN6O3/c25-18-6-2-7-19-20(18)21(32)28-24(34)31(19)15-16-4-1-5-17(14-16)22(33)29-10-12-30(13-11-29)23-26-8-3-9-27-23/h1-9,14H,10-13,15H2,(H,28,32,34). The van der Waals surface area contributed by atoms with Crippen LogP contribution in [0.15, 0.2) is 70.5 Å². The molecule has 172 valence electrons. The molecule has 1 amide bonds. The second-order valence-electron chi connectivity index (χ2n) is 8.01. The first-order valence-electron chi connectivity index (χ1n) is 10.8. The topological polar surface area (TPSA) is 104 Å². The third-order valence-corrected chi connectivity index (χ3v) is 6.21. The van der Waals surface area contributed by atoms with E-state index in [1.165, 1.54) is 4.57 Å². The Morgan fingerprint density at radius 2 is 1.71 bits per heavy atom. The zero-order chi connectivity index (χ0) is 23.7. The van der Waals surface area contributed by atoms with Gasteiger partial charge in [-0.3, -0.25) is 19.1 Å². The molecule has 1 saturated heterocycles. The van der Waals surface area contributed by atoms with E-state index in [4.69, 9.17) is 11.6 Å². The fraction of sp³-hybridized carbons (Fsp3) is 0.208. The van der Waals surface area contributed by atoms with Crippen LogP contribution in [0.3, 0.4) is 0 Å². The minimum absolute atomic E-state index is 0.0720. The lowest BCUT2D eigenvalue weighted by molar-refractivity contribution is 0.0746. The molecular weight excluding hydrogens is 456 g/mol. The summed E-state index contributed by atoms with van der Waals surface area (Å²) in [6.45, 7) is 2.60. The Hall–Kier alpha value is -3.98. The van der Waals surface area contributed by atoms with Crippen LogP contribution in [0.25, 0.3) is 10.9 Å². The quantitative estimate of drug-likeness (QED) is 0.484. The number of benzene rings is 2. The molecule has 0 radical (unpaired) electrons. The number of H-pyrrole nitrogens is 1. The number of amides is 1. The highest BCUT2D eigenvalue weighted by molar-refractivity contribution is 6.35. The summed E-state index contributed by atoms with van der Waals surface area (Å²) in [6.07, 6.45) is 3.41. The highest BCUT2D eigenvalue weighted by Crippen LogP contribution is 2.20. The lowest BCUT2D eigenvalue weighted by Crippen LogP contribution is -2.49. The van der Waals surface area contributed by atoms with Crippen molar-refractivity contribution in [2.24, 2.45) is 0 Å². The van der Waals surface area contributed by atoms with Crippen LogP contribution < -0.4 is 16.1 Å². The number of rotatable bonds is 4. The second kappa shape index (κ2) is 9.11. The summed E-state index contributed by atoms with van der Waals surface area (Å²) < 4.78 is 1.45. The molecule has 0 saturated carbocycles. The molecule has 0 bridgehead atoms. The Kier molecular flexibility index (Phi) is 5.85. The summed E-state index contributed by atoms with van der Waals surface area (Å²) in [4.78, 5) is 52.7. The number of nitrogens with zero attached hydrogens (tertiary/aromatic N) is 5. The molecule has 0 unspecified atom stereocenters. The molecule has 0 aliphatic carbocycles. The van der Waals surface area contributed by atoms with Crippen molar-refractivity contribution in [3.8, 4) is 0 Å². The number of fused-ring (bicyclic) bond motifs is 1. The molecule has 0 atom stereocenters. The van der Waals surface area contributed by atoms with Crippen molar-refractivity contribution in [2.45, 2.75) is 6.54 Å². The van der Waals surface area contributed by atoms with Crippen LogP contribution in [0.5, 0.6) is 0 Å². The van der Waals surface area contributed by atoms with Crippen LogP contribution in [-0.4, -0.2) is 56.5 Å². The van der Waals surface area contributed by atoms with Crippen molar-refractivity contribution < 1.29 is 4.79 Å². The van der Waals surface area contributed by atoms with Crippen LogP contribution in [0.4, 0.5) is 5.95 Å². The van der Waals surface area contributed by atoms with Gasteiger partial charge in [0.1, 0.15) is 0 Å². The van der Waals surface area contributed by atoms with E-state index in [-0.39, 0.29) is 22.9 Å². The van der Waals surface area contributed by atoms with Gasteiger partial charge in [-0.25, -0.2) is 14.8 Å². The van der Waals surface area contributed by atoms with Crippen molar-refractivity contribution >= 4 is 34.4 Å². The van der Waals surface area contributed by atoms with E-state index in [0.29, 0.717) is 43.2 Å². The molecule has 1 N–H and O–H groups in total. The normalized spacial score (nSPS) is 13.9. The largest absolute Gasteiger partial charge is 0.337 e. The summed E-state index contributed by atoms with van der Waals surface area (Å²) in [6, 6.07) is 13.9. The monoisotopic (exact) mass is 476 g/mol. The van der Waals surface area contributed by atoms with Gasteiger partial charge < -0.3 is 9.80 Å². The van der Waals surface area contributed by atoms with Gasteiger partial charge in [0, 0.05) is 44.1 Å². The summed E-state index contributed by atoms with van der Waals surface area (Å²) in [5.74, 6) is 0.590. The van der Waals surface area contributed by atoms with Crippen LogP contribution in [0.2, 0.25) is 5.02 Å². The summed E-state index contributed by atoms with van der Waals surface area (Å²) in [5, 5.41) is 0.535. The fourth-order valence-electron chi connectivity index (χ4n) is 4.19. The van der Waals surface area contributed by atoms with Crippen molar-refractivity contribution in [3.05, 3.63) is 97.9 Å². The van der Waals surface area contributed by atoms with Gasteiger partial charge in [0.25, 0.3) is 11.5 Å². The maximum atomic E-state index is 13.2. The Bertz CT molecular complexity index is 1480. The van der Waals surface area contributed by atoms with Crippen LogP contribution >= 0.6 is 11.6 Å². The maximum absolute atomic E-state index is 13.2. The van der Waals surface area contributed by atoms with E-state index in [2.05, 4.69) is 19.9 Å². The highest BCUT2D eigenvalue weighted by atomic mass is 35.5. The van der Waals surface area contributed by atoms with E-state index < -0.39 is 11.2 Å². The molecule has 2 aromatic carbocycles. The Balaban J connectivity index is 1.36. The summed E-state index contributed by atoms with van der Waals surface area (Å²) in [5.41, 5.74) is 0.693. The molecule has 9 nitrogen and oxygen atoms in total. The van der Waals surface area contributed by atoms with Gasteiger partial charge in [-0.15, -0.1) is 0 Å². The van der Waals surface area contributed by atoms with Crippen LogP contribution in [-0.2, 0) is 6.54 Å². The molecule has 34 heavy (non-hydrogen) atoms. The SMILES string of the molecule is O=C(c1cccc(Cn2c(=O)[nH]c(=O)c3c(Cl)cccc32)c1)N1CCN(c2ncccn2)CC1. The minimum Gasteiger partial charge on any atom is -0.337 e. The van der Waals surface area contributed by atoms with Gasteiger partial charge in [-0.2, -0.15) is 0 Å². The predicted octanol–water partition coefficient (Wildman–Crippen LogP) is 2.14. The minimum atomic E-state index is -0.532. The number of nitrogens with one attached hydrogen (secondary N) is 1. The molecule has 5 rings (SSSR count). The summed E-state index contributed by atoms with van der Waals surface area (Å²) in [7, 11) is 0. The second-order valence-corrected chi connectivity index (χ2v) is 8.42. The van der Waals surface area contributed by atoms with Gasteiger partial charge in [0.2, 0.25) is 5.95 Å².